The molecule has 0 aliphatic rings. The van der Waals surface area contributed by atoms with Gasteiger partial charge in [-0.15, -0.1) is 0 Å². The van der Waals surface area contributed by atoms with E-state index in [9.17, 15) is 14.0 Å². The summed E-state index contributed by atoms with van der Waals surface area (Å²) in [6, 6.07) is 23.0. The molecule has 0 aliphatic carbocycles. The lowest BCUT2D eigenvalue weighted by molar-refractivity contribution is -0.141. The molecule has 5 heteroatoms. The number of halogens is 1. The Morgan fingerprint density at radius 1 is 0.882 bits per heavy atom. The lowest BCUT2D eigenvalue weighted by atomic mass is 10.0. The maximum absolute atomic E-state index is 13.6. The van der Waals surface area contributed by atoms with E-state index in [-0.39, 0.29) is 30.1 Å². The summed E-state index contributed by atoms with van der Waals surface area (Å²) in [5.74, 6) is -0.687. The quantitative estimate of drug-likeness (QED) is 0.450. The number of rotatable bonds is 10. The van der Waals surface area contributed by atoms with Crippen LogP contribution in [-0.4, -0.2) is 28.8 Å². The van der Waals surface area contributed by atoms with E-state index in [4.69, 9.17) is 0 Å². The van der Waals surface area contributed by atoms with Crippen molar-refractivity contribution >= 4 is 11.8 Å². The van der Waals surface area contributed by atoms with Crippen molar-refractivity contribution in [3.8, 4) is 0 Å². The van der Waals surface area contributed by atoms with Crippen molar-refractivity contribution in [3.63, 3.8) is 0 Å². The Labute approximate surface area is 201 Å². The summed E-state index contributed by atoms with van der Waals surface area (Å²) in [6.45, 7) is 6.30. The first-order chi connectivity index (χ1) is 16.4. The number of nitrogens with zero attached hydrogens (tertiary/aromatic N) is 1. The smallest absolute Gasteiger partial charge is 0.243 e. The molecule has 178 valence electrons. The molecule has 0 aromatic heterocycles. The van der Waals surface area contributed by atoms with Crippen LogP contribution in [0.1, 0.15) is 42.5 Å². The SMILES string of the molecule is CC[C@@H](C)NC(=O)[C@H](Cc1ccccc1)N(Cc1ccc(C)cc1)C(=O)Cc1ccc(F)cc1. The number of aryl methyl sites for hydroxylation is 1. The molecule has 0 spiro atoms. The second-order valence-electron chi connectivity index (χ2n) is 8.83. The van der Waals surface area contributed by atoms with Crippen LogP contribution in [0.15, 0.2) is 78.9 Å². The first-order valence-corrected chi connectivity index (χ1v) is 11.8. The van der Waals surface area contributed by atoms with Gasteiger partial charge in [0.05, 0.1) is 6.42 Å². The summed E-state index contributed by atoms with van der Waals surface area (Å²) in [4.78, 5) is 28.7. The number of benzene rings is 3. The van der Waals surface area contributed by atoms with Crippen molar-refractivity contribution in [2.75, 3.05) is 0 Å². The first kappa shape index (κ1) is 25.2. The van der Waals surface area contributed by atoms with Crippen molar-refractivity contribution in [2.24, 2.45) is 0 Å². The van der Waals surface area contributed by atoms with Gasteiger partial charge in [0, 0.05) is 19.0 Å². The largest absolute Gasteiger partial charge is 0.352 e. The van der Waals surface area contributed by atoms with Gasteiger partial charge < -0.3 is 10.2 Å². The molecule has 3 rings (SSSR count). The van der Waals surface area contributed by atoms with Gasteiger partial charge in [-0.2, -0.15) is 0 Å². The molecule has 34 heavy (non-hydrogen) atoms. The maximum Gasteiger partial charge on any atom is 0.243 e. The molecule has 0 unspecified atom stereocenters. The van der Waals surface area contributed by atoms with Crippen LogP contribution < -0.4 is 5.32 Å². The van der Waals surface area contributed by atoms with Crippen LogP contribution in [0.3, 0.4) is 0 Å². The Morgan fingerprint density at radius 3 is 2.12 bits per heavy atom. The standard InChI is InChI=1S/C29H33FN2O2/c1-4-22(3)31-29(34)27(18-23-8-6-5-7-9-23)32(20-25-12-10-21(2)11-13-25)28(33)19-24-14-16-26(30)17-15-24/h5-17,22,27H,4,18-20H2,1-3H3,(H,31,34)/t22-,27+/m1/s1. The Kier molecular flexibility index (Phi) is 8.97. The third-order valence-corrected chi connectivity index (χ3v) is 6.01. The van der Waals surface area contributed by atoms with Gasteiger partial charge in [0.2, 0.25) is 11.8 Å². The number of amides is 2. The van der Waals surface area contributed by atoms with Crippen LogP contribution in [0.2, 0.25) is 0 Å². The third-order valence-electron chi connectivity index (χ3n) is 6.01. The van der Waals surface area contributed by atoms with Gasteiger partial charge in [-0.05, 0) is 49.1 Å². The second-order valence-corrected chi connectivity index (χ2v) is 8.83. The zero-order chi connectivity index (χ0) is 24.5. The second kappa shape index (κ2) is 12.1. The van der Waals surface area contributed by atoms with Gasteiger partial charge in [0.1, 0.15) is 11.9 Å². The molecule has 0 saturated carbocycles. The average molecular weight is 461 g/mol. The molecule has 4 nitrogen and oxygen atoms in total. The van der Waals surface area contributed by atoms with Gasteiger partial charge in [0.25, 0.3) is 0 Å². The Balaban J connectivity index is 1.95. The summed E-state index contributed by atoms with van der Waals surface area (Å²) in [6.07, 6.45) is 1.30. The van der Waals surface area contributed by atoms with Crippen molar-refractivity contribution in [1.29, 1.82) is 0 Å². The lowest BCUT2D eigenvalue weighted by Gasteiger charge is -2.32. The fraction of sp³-hybridized carbons (Fsp3) is 0.310. The molecule has 3 aromatic carbocycles. The van der Waals surface area contributed by atoms with E-state index in [1.807, 2.05) is 75.4 Å². The predicted octanol–water partition coefficient (Wildman–Crippen LogP) is 5.23. The Bertz CT molecular complexity index is 1070. The number of carbonyl (C=O) groups is 2. The average Bonchev–Trinajstić information content (AvgIpc) is 2.84. The van der Waals surface area contributed by atoms with Crippen LogP contribution in [-0.2, 0) is 29.0 Å². The first-order valence-electron chi connectivity index (χ1n) is 11.8. The molecule has 3 aromatic rings. The molecular weight excluding hydrogens is 427 g/mol. The molecule has 2 amide bonds. The molecule has 0 aliphatic heterocycles. The van der Waals surface area contributed by atoms with Crippen LogP contribution in [0.25, 0.3) is 0 Å². The Morgan fingerprint density at radius 2 is 1.50 bits per heavy atom. The van der Waals surface area contributed by atoms with E-state index in [2.05, 4.69) is 5.32 Å². The third kappa shape index (κ3) is 7.27. The number of carbonyl (C=O) groups excluding carboxylic acids is 2. The fourth-order valence-corrected chi connectivity index (χ4v) is 3.76. The summed E-state index contributed by atoms with van der Waals surface area (Å²) < 4.78 is 13.4. The highest BCUT2D eigenvalue weighted by atomic mass is 19.1. The van der Waals surface area contributed by atoms with Crippen molar-refractivity contribution in [3.05, 3.63) is 107 Å². The minimum absolute atomic E-state index is 0.000742. The molecule has 0 saturated heterocycles. The van der Waals surface area contributed by atoms with E-state index >= 15 is 0 Å². The fourth-order valence-electron chi connectivity index (χ4n) is 3.76. The van der Waals surface area contributed by atoms with E-state index in [1.165, 1.54) is 12.1 Å². The van der Waals surface area contributed by atoms with Gasteiger partial charge >= 0.3 is 0 Å². The maximum atomic E-state index is 13.6. The van der Waals surface area contributed by atoms with Gasteiger partial charge in [-0.25, -0.2) is 4.39 Å². The van der Waals surface area contributed by atoms with Gasteiger partial charge in [-0.1, -0.05) is 79.2 Å². The van der Waals surface area contributed by atoms with Gasteiger partial charge in [0.15, 0.2) is 0 Å². The number of hydrogen-bond acceptors (Lipinski definition) is 2. The topological polar surface area (TPSA) is 49.4 Å². The van der Waals surface area contributed by atoms with Crippen molar-refractivity contribution in [2.45, 2.75) is 58.7 Å². The van der Waals surface area contributed by atoms with E-state index in [0.717, 1.165) is 23.1 Å². The molecule has 2 atom stereocenters. The van der Waals surface area contributed by atoms with Crippen LogP contribution >= 0.6 is 0 Å². The summed E-state index contributed by atoms with van der Waals surface area (Å²) in [7, 11) is 0. The van der Waals surface area contributed by atoms with Crippen LogP contribution in [0.4, 0.5) is 4.39 Å². The molecule has 0 fully saturated rings. The highest BCUT2D eigenvalue weighted by molar-refractivity contribution is 5.89. The molecule has 0 heterocycles. The summed E-state index contributed by atoms with van der Waals surface area (Å²) in [5.41, 5.74) is 3.77. The molecular formula is C29H33FN2O2. The monoisotopic (exact) mass is 460 g/mol. The summed E-state index contributed by atoms with van der Waals surface area (Å²) in [5, 5.41) is 3.07. The molecule has 0 bridgehead atoms. The number of nitrogens with one attached hydrogen (secondary N) is 1. The minimum Gasteiger partial charge on any atom is -0.352 e. The molecule has 1 N–H and O–H groups in total. The predicted molar refractivity (Wildman–Crippen MR) is 134 cm³/mol. The minimum atomic E-state index is -0.675. The lowest BCUT2D eigenvalue weighted by Crippen LogP contribution is -2.52. The van der Waals surface area contributed by atoms with E-state index in [1.54, 1.807) is 17.0 Å². The summed E-state index contributed by atoms with van der Waals surface area (Å²) >= 11 is 0. The Hall–Kier alpha value is -3.47. The number of hydrogen-bond donors (Lipinski definition) is 1. The van der Waals surface area contributed by atoms with E-state index in [0.29, 0.717) is 18.5 Å². The zero-order valence-corrected chi connectivity index (χ0v) is 20.1. The normalized spacial score (nSPS) is 12.6. The molecule has 0 radical (unpaired) electrons. The van der Waals surface area contributed by atoms with Gasteiger partial charge in [-0.3, -0.25) is 9.59 Å². The highest BCUT2D eigenvalue weighted by Crippen LogP contribution is 2.17. The highest BCUT2D eigenvalue weighted by Gasteiger charge is 2.31. The zero-order valence-electron chi connectivity index (χ0n) is 20.1. The van der Waals surface area contributed by atoms with E-state index < -0.39 is 6.04 Å². The van der Waals surface area contributed by atoms with Crippen molar-refractivity contribution in [1.82, 2.24) is 10.2 Å². The van der Waals surface area contributed by atoms with Crippen molar-refractivity contribution < 1.29 is 14.0 Å². The van der Waals surface area contributed by atoms with Crippen LogP contribution in [0, 0.1) is 12.7 Å². The van der Waals surface area contributed by atoms with Crippen LogP contribution in [0.5, 0.6) is 0 Å².